The van der Waals surface area contributed by atoms with Gasteiger partial charge in [0, 0.05) is 30.8 Å². The molecule has 1 atom stereocenters. The lowest BCUT2D eigenvalue weighted by molar-refractivity contribution is -0.126. The highest BCUT2D eigenvalue weighted by Gasteiger charge is 2.37. The summed E-state index contributed by atoms with van der Waals surface area (Å²) in [5.74, 6) is 2.42. The van der Waals surface area contributed by atoms with Gasteiger partial charge in [0.15, 0.2) is 0 Å². The van der Waals surface area contributed by atoms with E-state index < -0.39 is 6.04 Å². The zero-order chi connectivity index (χ0) is 17.6. The molecule has 0 saturated heterocycles. The van der Waals surface area contributed by atoms with Crippen molar-refractivity contribution in [2.24, 2.45) is 0 Å². The molecule has 3 rings (SSSR count). The van der Waals surface area contributed by atoms with E-state index in [2.05, 4.69) is 5.32 Å². The van der Waals surface area contributed by atoms with Crippen LogP contribution in [0.4, 0.5) is 5.69 Å². The molecule has 1 N–H and O–H groups in total. The number of rotatable bonds is 7. The molecule has 0 aliphatic carbocycles. The number of amides is 2. The molecule has 25 heavy (non-hydrogen) atoms. The van der Waals surface area contributed by atoms with Crippen LogP contribution in [0.2, 0.25) is 0 Å². The Morgan fingerprint density at radius 2 is 2.12 bits per heavy atom. The molecule has 0 fully saturated rings. The van der Waals surface area contributed by atoms with Gasteiger partial charge in [0.1, 0.15) is 11.8 Å². The fourth-order valence-corrected chi connectivity index (χ4v) is 3.76. The first kappa shape index (κ1) is 17.6. The highest BCUT2D eigenvalue weighted by atomic mass is 32.2. The predicted molar refractivity (Wildman–Crippen MR) is 99.6 cm³/mol. The Balaban J connectivity index is 1.53. The van der Waals surface area contributed by atoms with Gasteiger partial charge in [0.05, 0.1) is 12.0 Å². The molecule has 2 amide bonds. The Kier molecular flexibility index (Phi) is 5.81. The third-order valence-corrected chi connectivity index (χ3v) is 5.20. The normalized spacial score (nSPS) is 15.9. The van der Waals surface area contributed by atoms with Gasteiger partial charge >= 0.3 is 0 Å². The predicted octanol–water partition coefficient (Wildman–Crippen LogP) is 3.00. The first-order valence-corrected chi connectivity index (χ1v) is 9.64. The fourth-order valence-electron chi connectivity index (χ4n) is 3.01. The van der Waals surface area contributed by atoms with Crippen molar-refractivity contribution in [3.63, 3.8) is 0 Å². The number of hydrogen-bond donors (Lipinski definition) is 1. The number of para-hydroxylation sites is 1. The van der Waals surface area contributed by atoms with Crippen LogP contribution in [0.1, 0.15) is 24.7 Å². The standard InChI is InChI=1S/C19H22N2O3S/c1-2-18(22)21-16-8-4-3-6-14(16)12-17(21)19(23)20-9-11-25-13-15-7-5-10-24-15/h3-8,10,17H,2,9,11-13H2,1H3,(H,20,23). The van der Waals surface area contributed by atoms with E-state index in [9.17, 15) is 9.59 Å². The molecule has 1 aromatic carbocycles. The molecular formula is C19H22N2O3S. The SMILES string of the molecule is CCC(=O)N1c2ccccc2CC1C(=O)NCCSCc1ccco1. The zero-order valence-corrected chi connectivity index (χ0v) is 15.1. The maximum atomic E-state index is 12.6. The summed E-state index contributed by atoms with van der Waals surface area (Å²) < 4.78 is 5.28. The molecule has 0 bridgehead atoms. The van der Waals surface area contributed by atoms with Gasteiger partial charge in [-0.05, 0) is 23.8 Å². The topological polar surface area (TPSA) is 62.6 Å². The van der Waals surface area contributed by atoms with Crippen molar-refractivity contribution in [3.05, 3.63) is 54.0 Å². The van der Waals surface area contributed by atoms with Crippen molar-refractivity contribution < 1.29 is 14.0 Å². The molecule has 0 spiro atoms. The van der Waals surface area contributed by atoms with E-state index in [4.69, 9.17) is 4.42 Å². The van der Waals surface area contributed by atoms with E-state index in [0.29, 0.717) is 19.4 Å². The summed E-state index contributed by atoms with van der Waals surface area (Å²) in [5, 5.41) is 2.96. The van der Waals surface area contributed by atoms with Gasteiger partial charge in [-0.2, -0.15) is 11.8 Å². The molecule has 1 unspecified atom stereocenters. The molecule has 2 aromatic rings. The highest BCUT2D eigenvalue weighted by molar-refractivity contribution is 7.98. The lowest BCUT2D eigenvalue weighted by Gasteiger charge is -2.24. The summed E-state index contributed by atoms with van der Waals surface area (Å²) in [5.41, 5.74) is 1.92. The van der Waals surface area contributed by atoms with Crippen LogP contribution in [0, 0.1) is 0 Å². The number of fused-ring (bicyclic) bond motifs is 1. The van der Waals surface area contributed by atoms with E-state index in [1.807, 2.05) is 43.3 Å². The Bertz CT molecular complexity index is 730. The second-order valence-corrected chi connectivity index (χ2v) is 6.99. The summed E-state index contributed by atoms with van der Waals surface area (Å²) >= 11 is 1.71. The molecule has 5 nitrogen and oxygen atoms in total. The molecule has 6 heteroatoms. The van der Waals surface area contributed by atoms with Crippen LogP contribution in [0.15, 0.2) is 47.1 Å². The minimum Gasteiger partial charge on any atom is -0.468 e. The van der Waals surface area contributed by atoms with E-state index in [1.165, 1.54) is 0 Å². The molecule has 132 valence electrons. The summed E-state index contributed by atoms with van der Waals surface area (Å²) in [6, 6.07) is 11.1. The number of thioether (sulfide) groups is 1. The smallest absolute Gasteiger partial charge is 0.243 e. The first-order valence-electron chi connectivity index (χ1n) is 8.48. The van der Waals surface area contributed by atoms with Crippen LogP contribution in [0.5, 0.6) is 0 Å². The van der Waals surface area contributed by atoms with E-state index in [0.717, 1.165) is 28.5 Å². The van der Waals surface area contributed by atoms with Crippen molar-refractivity contribution in [1.82, 2.24) is 5.32 Å². The quantitative estimate of drug-likeness (QED) is 0.773. The maximum absolute atomic E-state index is 12.6. The van der Waals surface area contributed by atoms with Gasteiger partial charge in [0.25, 0.3) is 0 Å². The van der Waals surface area contributed by atoms with Gasteiger partial charge in [-0.3, -0.25) is 14.5 Å². The second kappa shape index (κ2) is 8.25. The number of nitrogens with zero attached hydrogens (tertiary/aromatic N) is 1. The molecule has 0 radical (unpaired) electrons. The lowest BCUT2D eigenvalue weighted by atomic mass is 10.1. The molecular weight excluding hydrogens is 336 g/mol. The average molecular weight is 358 g/mol. The van der Waals surface area contributed by atoms with Gasteiger partial charge in [-0.1, -0.05) is 25.1 Å². The summed E-state index contributed by atoms with van der Waals surface area (Å²) in [6.45, 7) is 2.40. The summed E-state index contributed by atoms with van der Waals surface area (Å²) in [7, 11) is 0. The van der Waals surface area contributed by atoms with Crippen LogP contribution in [-0.2, 0) is 21.8 Å². The van der Waals surface area contributed by atoms with Gasteiger partial charge in [-0.15, -0.1) is 0 Å². The average Bonchev–Trinajstić information content (AvgIpc) is 3.28. The van der Waals surface area contributed by atoms with Crippen LogP contribution in [0.25, 0.3) is 0 Å². The zero-order valence-electron chi connectivity index (χ0n) is 14.2. The van der Waals surface area contributed by atoms with Crippen LogP contribution < -0.4 is 10.2 Å². The highest BCUT2D eigenvalue weighted by Crippen LogP contribution is 2.32. The molecule has 1 aliphatic heterocycles. The Labute approximate surface area is 151 Å². The number of carbonyl (C=O) groups is 2. The molecule has 0 saturated carbocycles. The number of benzene rings is 1. The van der Waals surface area contributed by atoms with Crippen LogP contribution in [-0.4, -0.2) is 30.2 Å². The van der Waals surface area contributed by atoms with Crippen molar-refractivity contribution in [2.45, 2.75) is 31.6 Å². The monoisotopic (exact) mass is 358 g/mol. The fraction of sp³-hybridized carbons (Fsp3) is 0.368. The van der Waals surface area contributed by atoms with Crippen LogP contribution in [0.3, 0.4) is 0 Å². The first-order chi connectivity index (χ1) is 12.2. The molecule has 2 heterocycles. The largest absolute Gasteiger partial charge is 0.468 e. The van der Waals surface area contributed by atoms with Crippen LogP contribution >= 0.6 is 11.8 Å². The third kappa shape index (κ3) is 4.07. The Hall–Kier alpha value is -2.21. The number of furan rings is 1. The minimum absolute atomic E-state index is 0.0164. The van der Waals surface area contributed by atoms with Crippen molar-refractivity contribution >= 4 is 29.3 Å². The number of hydrogen-bond acceptors (Lipinski definition) is 4. The third-order valence-electron chi connectivity index (χ3n) is 4.22. The maximum Gasteiger partial charge on any atom is 0.243 e. The van der Waals surface area contributed by atoms with Gasteiger partial charge in [-0.25, -0.2) is 0 Å². The van der Waals surface area contributed by atoms with Crippen molar-refractivity contribution in [2.75, 3.05) is 17.2 Å². The number of carbonyl (C=O) groups excluding carboxylic acids is 2. The number of nitrogens with one attached hydrogen (secondary N) is 1. The van der Waals surface area contributed by atoms with Crippen molar-refractivity contribution in [3.8, 4) is 0 Å². The van der Waals surface area contributed by atoms with Gasteiger partial charge < -0.3 is 9.73 Å². The summed E-state index contributed by atoms with van der Waals surface area (Å²) in [4.78, 5) is 26.6. The Morgan fingerprint density at radius 3 is 2.88 bits per heavy atom. The molecule has 1 aromatic heterocycles. The van der Waals surface area contributed by atoms with E-state index in [1.54, 1.807) is 22.9 Å². The Morgan fingerprint density at radius 1 is 1.28 bits per heavy atom. The van der Waals surface area contributed by atoms with Crippen molar-refractivity contribution in [1.29, 1.82) is 0 Å². The number of anilines is 1. The van der Waals surface area contributed by atoms with E-state index in [-0.39, 0.29) is 11.8 Å². The lowest BCUT2D eigenvalue weighted by Crippen LogP contribution is -2.48. The minimum atomic E-state index is -0.445. The summed E-state index contributed by atoms with van der Waals surface area (Å²) in [6.07, 6.45) is 2.62. The second-order valence-electron chi connectivity index (χ2n) is 5.89. The van der Waals surface area contributed by atoms with E-state index >= 15 is 0 Å². The van der Waals surface area contributed by atoms with Gasteiger partial charge in [0.2, 0.25) is 11.8 Å². The molecule has 1 aliphatic rings.